The number of ether oxygens (including phenoxy) is 2. The van der Waals surface area contributed by atoms with Gasteiger partial charge in [0.25, 0.3) is 0 Å². The minimum Gasteiger partial charge on any atom is -0.449 e. The normalized spacial score (nSPS) is 11.2. The van der Waals surface area contributed by atoms with Gasteiger partial charge < -0.3 is 9.47 Å². The fraction of sp³-hybridized carbons (Fsp3) is 0.875. The molecule has 0 bridgehead atoms. The van der Waals surface area contributed by atoms with Crippen molar-refractivity contribution in [1.29, 1.82) is 0 Å². The maximum Gasteiger partial charge on any atom is 0.419 e. The Morgan fingerprint density at radius 1 is 0.870 bits per heavy atom. The molecule has 0 saturated carbocycles. The molecule has 0 heterocycles. The average molecular weight is 365 g/mol. The van der Waals surface area contributed by atoms with Crippen LogP contribution >= 0.6 is 15.8 Å². The molecule has 0 aromatic rings. The molecular formula is C16H33NO4P2. The molecule has 0 aliphatic rings. The lowest BCUT2D eigenvalue weighted by atomic mass is 10.4. The topological polar surface area (TPSA) is 55.8 Å². The van der Waals surface area contributed by atoms with Crippen LogP contribution in [-0.2, 0) is 9.47 Å². The maximum atomic E-state index is 12.3. The summed E-state index contributed by atoms with van der Waals surface area (Å²) in [7, 11) is -0.492. The molecule has 7 heteroatoms. The Morgan fingerprint density at radius 3 is 1.57 bits per heavy atom. The SMILES string of the molecule is CCCCOC(=O)N(CC(P(C)C)P(C)C)C(=O)OCCCC. The number of carbonyl (C=O) groups is 2. The van der Waals surface area contributed by atoms with Crippen LogP contribution in [0.3, 0.4) is 0 Å². The van der Waals surface area contributed by atoms with Crippen molar-refractivity contribution in [3.63, 3.8) is 0 Å². The van der Waals surface area contributed by atoms with E-state index in [1.807, 2.05) is 13.8 Å². The van der Waals surface area contributed by atoms with E-state index in [4.69, 9.17) is 9.47 Å². The van der Waals surface area contributed by atoms with Gasteiger partial charge in [0.15, 0.2) is 0 Å². The Bertz CT molecular complexity index is 321. The standard InChI is InChI=1S/C16H33NO4P2/c1-7-9-11-20-15(18)17(16(19)21-12-10-8-2)13-14(22(3)4)23(5)6/h14H,7-13H2,1-6H3. The minimum atomic E-state index is -0.571. The van der Waals surface area contributed by atoms with Crippen LogP contribution in [0.2, 0.25) is 0 Å². The number of hydrogen-bond acceptors (Lipinski definition) is 4. The second-order valence-corrected chi connectivity index (χ2v) is 11.5. The van der Waals surface area contributed by atoms with Crippen molar-refractivity contribution in [3.05, 3.63) is 0 Å². The van der Waals surface area contributed by atoms with Crippen LogP contribution in [-0.4, -0.2) is 68.9 Å². The van der Waals surface area contributed by atoms with E-state index in [2.05, 4.69) is 26.7 Å². The number of hydrogen-bond donors (Lipinski definition) is 0. The van der Waals surface area contributed by atoms with Gasteiger partial charge in [-0.3, -0.25) is 0 Å². The molecule has 136 valence electrons. The monoisotopic (exact) mass is 365 g/mol. The molecule has 0 saturated heterocycles. The molecular weight excluding hydrogens is 332 g/mol. The molecule has 2 amide bonds. The third-order valence-electron chi connectivity index (χ3n) is 3.43. The number of rotatable bonds is 10. The summed E-state index contributed by atoms with van der Waals surface area (Å²) < 4.78 is 10.5. The van der Waals surface area contributed by atoms with Gasteiger partial charge in [-0.2, -0.15) is 0 Å². The third-order valence-corrected chi connectivity index (χ3v) is 8.91. The smallest absolute Gasteiger partial charge is 0.419 e. The van der Waals surface area contributed by atoms with Gasteiger partial charge in [0.05, 0.1) is 13.2 Å². The highest BCUT2D eigenvalue weighted by Crippen LogP contribution is 2.50. The molecule has 0 aliphatic heterocycles. The van der Waals surface area contributed by atoms with E-state index in [0.717, 1.165) is 25.7 Å². The van der Waals surface area contributed by atoms with Crippen molar-refractivity contribution in [3.8, 4) is 0 Å². The first-order chi connectivity index (χ1) is 10.8. The van der Waals surface area contributed by atoms with Gasteiger partial charge in [0.2, 0.25) is 0 Å². The van der Waals surface area contributed by atoms with E-state index in [1.54, 1.807) is 0 Å². The first-order valence-corrected chi connectivity index (χ1v) is 12.9. The molecule has 0 aromatic carbocycles. The number of amides is 2. The molecule has 23 heavy (non-hydrogen) atoms. The molecule has 0 rings (SSSR count). The van der Waals surface area contributed by atoms with E-state index < -0.39 is 12.2 Å². The van der Waals surface area contributed by atoms with Crippen molar-refractivity contribution < 1.29 is 19.1 Å². The lowest BCUT2D eigenvalue weighted by molar-refractivity contribution is 0.0767. The summed E-state index contributed by atoms with van der Waals surface area (Å²) in [5.41, 5.74) is 0. The van der Waals surface area contributed by atoms with E-state index in [1.165, 1.54) is 4.90 Å². The van der Waals surface area contributed by atoms with Crippen LogP contribution in [0.25, 0.3) is 0 Å². The highest BCUT2D eigenvalue weighted by Gasteiger charge is 2.30. The Morgan fingerprint density at radius 2 is 1.26 bits per heavy atom. The van der Waals surface area contributed by atoms with E-state index in [-0.39, 0.29) is 15.8 Å². The number of imide groups is 1. The van der Waals surface area contributed by atoms with Gasteiger partial charge in [0.1, 0.15) is 0 Å². The fourth-order valence-electron chi connectivity index (χ4n) is 1.94. The minimum absolute atomic E-state index is 0.246. The van der Waals surface area contributed by atoms with Crippen LogP contribution < -0.4 is 0 Å². The molecule has 0 aromatic heterocycles. The second-order valence-electron chi connectivity index (χ2n) is 5.95. The Hall–Kier alpha value is -0.400. The lowest BCUT2D eigenvalue weighted by Gasteiger charge is -2.30. The molecule has 0 radical (unpaired) electrons. The summed E-state index contributed by atoms with van der Waals surface area (Å²) in [6.45, 7) is 13.9. The molecule has 0 spiro atoms. The van der Waals surface area contributed by atoms with Crippen LogP contribution in [0.5, 0.6) is 0 Å². The molecule has 0 aliphatic carbocycles. The van der Waals surface area contributed by atoms with Crippen molar-refractivity contribution in [2.45, 2.75) is 44.9 Å². The van der Waals surface area contributed by atoms with Crippen LogP contribution in [0.4, 0.5) is 9.59 Å². The van der Waals surface area contributed by atoms with Crippen molar-refractivity contribution in [2.24, 2.45) is 0 Å². The Balaban J connectivity index is 4.89. The fourth-order valence-corrected chi connectivity index (χ4v) is 6.61. The predicted molar refractivity (Wildman–Crippen MR) is 101 cm³/mol. The van der Waals surface area contributed by atoms with Gasteiger partial charge in [-0.15, -0.1) is 15.8 Å². The van der Waals surface area contributed by atoms with E-state index in [9.17, 15) is 9.59 Å². The lowest BCUT2D eigenvalue weighted by Crippen LogP contribution is -2.42. The second kappa shape index (κ2) is 13.0. The first-order valence-electron chi connectivity index (χ1n) is 8.29. The Kier molecular flexibility index (Phi) is 12.7. The van der Waals surface area contributed by atoms with Crippen molar-refractivity contribution >= 4 is 28.0 Å². The highest BCUT2D eigenvalue weighted by atomic mass is 31.2. The van der Waals surface area contributed by atoms with Gasteiger partial charge in [0, 0.05) is 11.9 Å². The Labute approximate surface area is 144 Å². The highest BCUT2D eigenvalue weighted by molar-refractivity contribution is 7.74. The summed E-state index contributed by atoms with van der Waals surface area (Å²) in [5, 5.41) is 0.345. The summed E-state index contributed by atoms with van der Waals surface area (Å²) in [5.74, 6) is 0. The van der Waals surface area contributed by atoms with E-state index >= 15 is 0 Å². The first kappa shape index (κ1) is 22.6. The average Bonchev–Trinajstić information content (AvgIpc) is 2.47. The van der Waals surface area contributed by atoms with Crippen LogP contribution in [0.15, 0.2) is 0 Å². The van der Waals surface area contributed by atoms with Crippen LogP contribution in [0, 0.1) is 0 Å². The van der Waals surface area contributed by atoms with Gasteiger partial charge >= 0.3 is 12.2 Å². The molecule has 5 nitrogen and oxygen atoms in total. The number of carbonyl (C=O) groups excluding carboxylic acids is 2. The van der Waals surface area contributed by atoms with Gasteiger partial charge in [-0.1, -0.05) is 26.7 Å². The summed E-state index contributed by atoms with van der Waals surface area (Å²) in [4.78, 5) is 25.7. The summed E-state index contributed by atoms with van der Waals surface area (Å²) in [6.07, 6.45) is 2.35. The summed E-state index contributed by atoms with van der Waals surface area (Å²) in [6, 6.07) is 0. The predicted octanol–water partition coefficient (Wildman–Crippen LogP) is 4.97. The summed E-state index contributed by atoms with van der Waals surface area (Å²) >= 11 is 0. The maximum absolute atomic E-state index is 12.3. The molecule has 0 unspecified atom stereocenters. The quantitative estimate of drug-likeness (QED) is 0.405. The molecule has 0 N–H and O–H groups in total. The van der Waals surface area contributed by atoms with Crippen LogP contribution in [0.1, 0.15) is 39.5 Å². The van der Waals surface area contributed by atoms with E-state index in [0.29, 0.717) is 25.2 Å². The molecule has 0 fully saturated rings. The zero-order valence-electron chi connectivity index (χ0n) is 15.5. The van der Waals surface area contributed by atoms with Gasteiger partial charge in [-0.25, -0.2) is 14.5 Å². The zero-order valence-corrected chi connectivity index (χ0v) is 17.3. The van der Waals surface area contributed by atoms with Crippen molar-refractivity contribution in [1.82, 2.24) is 4.90 Å². The van der Waals surface area contributed by atoms with Crippen molar-refractivity contribution in [2.75, 3.05) is 46.4 Å². The largest absolute Gasteiger partial charge is 0.449 e. The third kappa shape index (κ3) is 9.47. The number of nitrogens with zero attached hydrogens (tertiary/aromatic N) is 1. The molecule has 0 atom stereocenters. The van der Waals surface area contributed by atoms with Gasteiger partial charge in [-0.05, 0) is 39.5 Å². The number of unbranched alkanes of at least 4 members (excludes halogenated alkanes) is 2. The zero-order chi connectivity index (χ0) is 17.8.